The first-order valence-electron chi connectivity index (χ1n) is 20.4. The number of allylic oxidation sites excluding steroid dienone is 18. The Labute approximate surface area is 319 Å². The lowest BCUT2D eigenvalue weighted by Gasteiger charge is -2.15. The number of unbranched alkanes of at least 4 members (excludes halogenated alkanes) is 9. The van der Waals surface area contributed by atoms with E-state index in [1.165, 1.54) is 51.4 Å². The Hall–Kier alpha value is -3.44. The third-order valence-corrected chi connectivity index (χ3v) is 8.05. The minimum absolute atomic E-state index is 0.120. The number of ether oxygens (including phenoxy) is 2. The van der Waals surface area contributed by atoms with Crippen LogP contribution >= 0.6 is 0 Å². The average molecular weight is 719 g/mol. The second kappa shape index (κ2) is 42.0. The number of hydrogen-bond acceptors (Lipinski definition) is 5. The molecule has 0 heterocycles. The fourth-order valence-electron chi connectivity index (χ4n) is 4.93. The van der Waals surface area contributed by atoms with Gasteiger partial charge in [0, 0.05) is 12.8 Å². The fraction of sp³-hybridized carbons (Fsp3) is 0.574. The fourth-order valence-corrected chi connectivity index (χ4v) is 4.93. The highest BCUT2D eigenvalue weighted by Gasteiger charge is 2.15. The average Bonchev–Trinajstić information content (AvgIpc) is 3.15. The van der Waals surface area contributed by atoms with Gasteiger partial charge in [0.15, 0.2) is 6.10 Å². The molecule has 0 aliphatic carbocycles. The van der Waals surface area contributed by atoms with Crippen molar-refractivity contribution in [3.63, 3.8) is 0 Å². The van der Waals surface area contributed by atoms with E-state index in [4.69, 9.17) is 9.47 Å². The van der Waals surface area contributed by atoms with Crippen LogP contribution in [0.3, 0.4) is 0 Å². The van der Waals surface area contributed by atoms with E-state index in [1.54, 1.807) is 0 Å². The van der Waals surface area contributed by atoms with Gasteiger partial charge in [0.25, 0.3) is 0 Å². The first-order valence-corrected chi connectivity index (χ1v) is 20.4. The van der Waals surface area contributed by atoms with E-state index in [1.807, 2.05) is 12.2 Å². The lowest BCUT2D eigenvalue weighted by Crippen LogP contribution is -2.28. The van der Waals surface area contributed by atoms with Gasteiger partial charge in [-0.1, -0.05) is 155 Å². The van der Waals surface area contributed by atoms with E-state index < -0.39 is 12.1 Å². The summed E-state index contributed by atoms with van der Waals surface area (Å²) in [6, 6.07) is 0. The molecule has 5 heteroatoms. The number of hydrogen-bond donors (Lipinski definition) is 1. The van der Waals surface area contributed by atoms with Crippen LogP contribution in [0.1, 0.15) is 155 Å². The Kier molecular flexibility index (Phi) is 39.2. The van der Waals surface area contributed by atoms with E-state index in [9.17, 15) is 14.7 Å². The topological polar surface area (TPSA) is 72.8 Å². The first kappa shape index (κ1) is 48.6. The highest BCUT2D eigenvalue weighted by molar-refractivity contribution is 5.70. The van der Waals surface area contributed by atoms with Crippen molar-refractivity contribution in [2.75, 3.05) is 13.2 Å². The summed E-state index contributed by atoms with van der Waals surface area (Å²) < 4.78 is 10.5. The van der Waals surface area contributed by atoms with Crippen molar-refractivity contribution in [1.82, 2.24) is 0 Å². The Morgan fingerprint density at radius 2 is 0.808 bits per heavy atom. The molecule has 0 fully saturated rings. The summed E-state index contributed by atoms with van der Waals surface area (Å²) >= 11 is 0. The Morgan fingerprint density at radius 3 is 1.19 bits per heavy atom. The lowest BCUT2D eigenvalue weighted by atomic mass is 10.1. The highest BCUT2D eigenvalue weighted by atomic mass is 16.6. The summed E-state index contributed by atoms with van der Waals surface area (Å²) in [6.45, 7) is 3.97. The molecule has 0 aromatic heterocycles. The van der Waals surface area contributed by atoms with E-state index in [0.29, 0.717) is 12.8 Å². The van der Waals surface area contributed by atoms with Crippen molar-refractivity contribution in [3.8, 4) is 0 Å². The summed E-state index contributed by atoms with van der Waals surface area (Å²) in [6.07, 6.45) is 60.1. The molecule has 0 aliphatic heterocycles. The monoisotopic (exact) mass is 719 g/mol. The zero-order chi connectivity index (χ0) is 37.8. The predicted molar refractivity (Wildman–Crippen MR) is 223 cm³/mol. The van der Waals surface area contributed by atoms with Crippen LogP contribution in [0, 0.1) is 0 Å². The van der Waals surface area contributed by atoms with E-state index >= 15 is 0 Å². The van der Waals surface area contributed by atoms with E-state index in [0.717, 1.165) is 70.6 Å². The predicted octanol–water partition coefficient (Wildman–Crippen LogP) is 13.1. The molecule has 0 spiro atoms. The van der Waals surface area contributed by atoms with Crippen molar-refractivity contribution in [3.05, 3.63) is 109 Å². The molecule has 0 aromatic rings. The van der Waals surface area contributed by atoms with Gasteiger partial charge in [0.1, 0.15) is 6.61 Å². The summed E-state index contributed by atoms with van der Waals surface area (Å²) in [7, 11) is 0. The van der Waals surface area contributed by atoms with Crippen molar-refractivity contribution in [1.29, 1.82) is 0 Å². The van der Waals surface area contributed by atoms with Crippen LogP contribution < -0.4 is 0 Å². The van der Waals surface area contributed by atoms with Crippen LogP contribution in [-0.4, -0.2) is 36.4 Å². The molecular weight excluding hydrogens is 645 g/mol. The molecule has 0 rings (SSSR count). The molecule has 5 nitrogen and oxygen atoms in total. The van der Waals surface area contributed by atoms with E-state index in [-0.39, 0.29) is 25.6 Å². The van der Waals surface area contributed by atoms with Gasteiger partial charge in [0.05, 0.1) is 6.61 Å². The van der Waals surface area contributed by atoms with Crippen molar-refractivity contribution < 1.29 is 24.2 Å². The van der Waals surface area contributed by atoms with Gasteiger partial charge < -0.3 is 14.6 Å². The van der Waals surface area contributed by atoms with Gasteiger partial charge in [-0.25, -0.2) is 0 Å². The van der Waals surface area contributed by atoms with Crippen molar-refractivity contribution >= 4 is 11.9 Å². The molecule has 0 saturated carbocycles. The minimum atomic E-state index is -0.832. The molecule has 0 amide bonds. The highest BCUT2D eigenvalue weighted by Crippen LogP contribution is 2.08. The summed E-state index contributed by atoms with van der Waals surface area (Å²) in [5.74, 6) is -0.735. The Morgan fingerprint density at radius 1 is 0.442 bits per heavy atom. The molecule has 0 radical (unpaired) electrons. The molecule has 1 N–H and O–H groups in total. The van der Waals surface area contributed by atoms with Crippen LogP contribution in [-0.2, 0) is 19.1 Å². The SMILES string of the molecule is CCCCCC=CCC=CCC=CCC=CCC=CCCC(=O)OC(CO)COC(=O)CCCCCC=CCC=CCC=CCC=CCCCCC. The molecule has 1 unspecified atom stereocenters. The standard InChI is InChI=1S/C47H74O5/c1-3-5-7-9-11-13-15-17-19-21-23-25-27-29-31-33-35-37-39-41-46(49)51-44-45(43-48)52-47(50)42-40-38-36-34-32-30-28-26-24-22-20-18-16-14-12-10-8-6-4-2/h11-14,17-20,23-26,29-32,36,38,45,48H,3-10,15-16,21-22,27-28,33-35,37,39-44H2,1-2H3. The summed E-state index contributed by atoms with van der Waals surface area (Å²) in [4.78, 5) is 24.2. The lowest BCUT2D eigenvalue weighted by molar-refractivity contribution is -0.161. The number of rotatable bonds is 35. The summed E-state index contributed by atoms with van der Waals surface area (Å²) in [5, 5.41) is 9.55. The first-order chi connectivity index (χ1) is 25.6. The number of aliphatic hydroxyl groups is 1. The number of esters is 2. The molecular formula is C47H74O5. The third kappa shape index (κ3) is 39.3. The van der Waals surface area contributed by atoms with Crippen LogP contribution in [0.25, 0.3) is 0 Å². The zero-order valence-corrected chi connectivity index (χ0v) is 33.0. The van der Waals surface area contributed by atoms with E-state index in [2.05, 4.69) is 111 Å². The van der Waals surface area contributed by atoms with Gasteiger partial charge in [-0.15, -0.1) is 0 Å². The maximum atomic E-state index is 12.1. The van der Waals surface area contributed by atoms with Gasteiger partial charge in [-0.3, -0.25) is 9.59 Å². The van der Waals surface area contributed by atoms with Gasteiger partial charge in [-0.2, -0.15) is 0 Å². The Bertz CT molecular complexity index is 1090. The number of carbonyl (C=O) groups excluding carboxylic acids is 2. The molecule has 0 aliphatic rings. The van der Waals surface area contributed by atoms with Gasteiger partial charge in [-0.05, 0) is 96.3 Å². The largest absolute Gasteiger partial charge is 0.462 e. The molecule has 292 valence electrons. The quantitative estimate of drug-likeness (QED) is 0.0401. The van der Waals surface area contributed by atoms with Crippen LogP contribution in [0.5, 0.6) is 0 Å². The van der Waals surface area contributed by atoms with Crippen molar-refractivity contribution in [2.24, 2.45) is 0 Å². The second-order valence-electron chi connectivity index (χ2n) is 13.0. The van der Waals surface area contributed by atoms with Gasteiger partial charge >= 0.3 is 11.9 Å². The molecule has 1 atom stereocenters. The smallest absolute Gasteiger partial charge is 0.306 e. The Balaban J connectivity index is 3.79. The zero-order valence-electron chi connectivity index (χ0n) is 33.0. The number of aliphatic hydroxyl groups excluding tert-OH is 1. The molecule has 0 saturated heterocycles. The minimum Gasteiger partial charge on any atom is -0.462 e. The normalized spacial score (nSPS) is 13.4. The maximum Gasteiger partial charge on any atom is 0.306 e. The third-order valence-electron chi connectivity index (χ3n) is 8.05. The van der Waals surface area contributed by atoms with Crippen LogP contribution in [0.4, 0.5) is 0 Å². The maximum absolute atomic E-state index is 12.1. The summed E-state index contributed by atoms with van der Waals surface area (Å²) in [5.41, 5.74) is 0. The molecule has 52 heavy (non-hydrogen) atoms. The van der Waals surface area contributed by atoms with Crippen LogP contribution in [0.2, 0.25) is 0 Å². The van der Waals surface area contributed by atoms with Crippen molar-refractivity contribution in [2.45, 2.75) is 161 Å². The van der Waals surface area contributed by atoms with Gasteiger partial charge in [0.2, 0.25) is 0 Å². The molecule has 0 bridgehead atoms. The number of carbonyl (C=O) groups is 2. The molecule has 0 aromatic carbocycles. The second-order valence-corrected chi connectivity index (χ2v) is 13.0. The van der Waals surface area contributed by atoms with Crippen LogP contribution in [0.15, 0.2) is 109 Å².